The third kappa shape index (κ3) is 2.98. The Bertz CT molecular complexity index is 309. The first kappa shape index (κ1) is 13.0. The molecule has 16 heavy (non-hydrogen) atoms. The van der Waals surface area contributed by atoms with Crippen molar-refractivity contribution in [2.75, 3.05) is 7.11 Å². The van der Waals surface area contributed by atoms with Gasteiger partial charge in [0.15, 0.2) is 5.75 Å². The van der Waals surface area contributed by atoms with Crippen molar-refractivity contribution >= 4 is 0 Å². The number of hydrogen-bond donors (Lipinski definition) is 1. The summed E-state index contributed by atoms with van der Waals surface area (Å²) in [4.78, 5) is 0. The van der Waals surface area contributed by atoms with Crippen LogP contribution < -0.4 is 10.5 Å². The van der Waals surface area contributed by atoms with Gasteiger partial charge in [-0.05, 0) is 12.8 Å². The molecule has 1 aromatic heterocycles. The molecule has 0 saturated carbocycles. The molecular formula is C12H23N3O. The van der Waals surface area contributed by atoms with Gasteiger partial charge in [-0.2, -0.15) is 5.10 Å². The summed E-state index contributed by atoms with van der Waals surface area (Å²) in [6.45, 7) is 5.21. The van der Waals surface area contributed by atoms with Gasteiger partial charge < -0.3 is 10.5 Å². The lowest BCUT2D eigenvalue weighted by molar-refractivity contribution is 0.397. The van der Waals surface area contributed by atoms with E-state index < -0.39 is 0 Å². The Kier molecular flexibility index (Phi) is 5.32. The highest BCUT2D eigenvalue weighted by molar-refractivity contribution is 5.28. The number of methoxy groups -OCH3 is 1. The van der Waals surface area contributed by atoms with Crippen molar-refractivity contribution in [3.05, 3.63) is 11.9 Å². The lowest BCUT2D eigenvalue weighted by atomic mass is 10.1. The fourth-order valence-corrected chi connectivity index (χ4v) is 1.86. The van der Waals surface area contributed by atoms with Gasteiger partial charge in [0.25, 0.3) is 0 Å². The highest BCUT2D eigenvalue weighted by Crippen LogP contribution is 2.26. The quantitative estimate of drug-likeness (QED) is 0.775. The number of ether oxygens (including phenoxy) is 1. The van der Waals surface area contributed by atoms with Crippen LogP contribution in [0.25, 0.3) is 0 Å². The molecule has 1 heterocycles. The lowest BCUT2D eigenvalue weighted by Gasteiger charge is -2.15. The van der Waals surface area contributed by atoms with Gasteiger partial charge in [-0.15, -0.1) is 0 Å². The molecule has 1 rings (SSSR count). The van der Waals surface area contributed by atoms with Gasteiger partial charge in [0, 0.05) is 6.54 Å². The fraction of sp³-hybridized carbons (Fsp3) is 0.750. The molecule has 1 unspecified atom stereocenters. The van der Waals surface area contributed by atoms with Crippen molar-refractivity contribution in [1.29, 1.82) is 0 Å². The van der Waals surface area contributed by atoms with Crippen molar-refractivity contribution in [2.45, 2.75) is 52.1 Å². The molecule has 0 saturated heterocycles. The number of aryl methyl sites for hydroxylation is 1. The Hall–Kier alpha value is -1.03. The number of aromatic nitrogens is 2. The normalized spacial score (nSPS) is 12.8. The maximum absolute atomic E-state index is 6.19. The molecule has 0 aliphatic rings. The fourth-order valence-electron chi connectivity index (χ4n) is 1.86. The number of rotatable bonds is 7. The van der Waals surface area contributed by atoms with E-state index in [1.165, 1.54) is 0 Å². The van der Waals surface area contributed by atoms with Crippen LogP contribution in [0.2, 0.25) is 0 Å². The van der Waals surface area contributed by atoms with E-state index in [2.05, 4.69) is 18.9 Å². The van der Waals surface area contributed by atoms with Crippen LogP contribution in [0.1, 0.15) is 51.3 Å². The Morgan fingerprint density at radius 1 is 1.44 bits per heavy atom. The van der Waals surface area contributed by atoms with Crippen LogP contribution in [0.15, 0.2) is 6.20 Å². The van der Waals surface area contributed by atoms with E-state index in [9.17, 15) is 0 Å². The first-order chi connectivity index (χ1) is 7.74. The Morgan fingerprint density at radius 3 is 2.75 bits per heavy atom. The molecule has 2 N–H and O–H groups in total. The zero-order valence-electron chi connectivity index (χ0n) is 10.6. The zero-order chi connectivity index (χ0) is 12.0. The Labute approximate surface area is 97.8 Å². The van der Waals surface area contributed by atoms with Crippen LogP contribution >= 0.6 is 0 Å². The minimum atomic E-state index is 0.0314. The molecule has 4 nitrogen and oxygen atoms in total. The summed E-state index contributed by atoms with van der Waals surface area (Å²) >= 11 is 0. The summed E-state index contributed by atoms with van der Waals surface area (Å²) in [6, 6.07) is 0.0314. The van der Waals surface area contributed by atoms with Gasteiger partial charge in [0.2, 0.25) is 0 Å². The number of hydrogen-bond acceptors (Lipinski definition) is 3. The van der Waals surface area contributed by atoms with Gasteiger partial charge in [0.05, 0.1) is 25.0 Å². The van der Waals surface area contributed by atoms with Gasteiger partial charge in [-0.1, -0.05) is 26.7 Å². The van der Waals surface area contributed by atoms with Crippen LogP contribution in [0.3, 0.4) is 0 Å². The van der Waals surface area contributed by atoms with Crippen molar-refractivity contribution in [2.24, 2.45) is 5.73 Å². The molecule has 1 atom stereocenters. The molecule has 0 aromatic carbocycles. The van der Waals surface area contributed by atoms with Gasteiger partial charge in [-0.25, -0.2) is 0 Å². The van der Waals surface area contributed by atoms with E-state index in [1.807, 2.05) is 4.68 Å². The predicted molar refractivity (Wildman–Crippen MR) is 65.5 cm³/mol. The monoisotopic (exact) mass is 225 g/mol. The average molecular weight is 225 g/mol. The second-order valence-corrected chi connectivity index (χ2v) is 4.07. The first-order valence-electron chi connectivity index (χ1n) is 6.09. The largest absolute Gasteiger partial charge is 0.493 e. The van der Waals surface area contributed by atoms with Crippen LogP contribution in [-0.2, 0) is 6.54 Å². The van der Waals surface area contributed by atoms with E-state index in [4.69, 9.17) is 10.5 Å². The summed E-state index contributed by atoms with van der Waals surface area (Å²) in [6.07, 6.45) is 6.11. The van der Waals surface area contributed by atoms with E-state index in [1.54, 1.807) is 13.3 Å². The van der Waals surface area contributed by atoms with Gasteiger partial charge >= 0.3 is 0 Å². The summed E-state index contributed by atoms with van der Waals surface area (Å²) in [5, 5.41) is 4.32. The summed E-state index contributed by atoms with van der Waals surface area (Å²) in [5.74, 6) is 0.817. The summed E-state index contributed by atoms with van der Waals surface area (Å²) in [7, 11) is 1.67. The first-order valence-corrected chi connectivity index (χ1v) is 6.09. The molecule has 92 valence electrons. The molecular weight excluding hydrogens is 202 g/mol. The van der Waals surface area contributed by atoms with Crippen molar-refractivity contribution in [1.82, 2.24) is 9.78 Å². The van der Waals surface area contributed by atoms with E-state index in [0.29, 0.717) is 0 Å². The highest BCUT2D eigenvalue weighted by atomic mass is 16.5. The average Bonchev–Trinajstić information content (AvgIpc) is 2.69. The second kappa shape index (κ2) is 6.53. The van der Waals surface area contributed by atoms with Crippen molar-refractivity contribution < 1.29 is 4.74 Å². The third-order valence-electron chi connectivity index (χ3n) is 2.72. The summed E-state index contributed by atoms with van der Waals surface area (Å²) < 4.78 is 7.28. The molecule has 0 aliphatic heterocycles. The van der Waals surface area contributed by atoms with Crippen LogP contribution in [0, 0.1) is 0 Å². The topological polar surface area (TPSA) is 53.1 Å². The SMILES string of the molecule is CCCCC(N)c1c(OC)cnn1CCC. The highest BCUT2D eigenvalue weighted by Gasteiger charge is 2.17. The van der Waals surface area contributed by atoms with Crippen molar-refractivity contribution in [3.63, 3.8) is 0 Å². The zero-order valence-corrected chi connectivity index (χ0v) is 10.6. The Balaban J connectivity index is 2.84. The standard InChI is InChI=1S/C12H23N3O/c1-4-6-7-10(13)12-11(16-3)9-14-15(12)8-5-2/h9-10H,4-8,13H2,1-3H3. The van der Waals surface area contributed by atoms with Crippen LogP contribution in [0.5, 0.6) is 5.75 Å². The smallest absolute Gasteiger partial charge is 0.161 e. The Morgan fingerprint density at radius 2 is 2.19 bits per heavy atom. The van der Waals surface area contributed by atoms with Gasteiger partial charge in [0.1, 0.15) is 0 Å². The van der Waals surface area contributed by atoms with E-state index >= 15 is 0 Å². The van der Waals surface area contributed by atoms with Crippen LogP contribution in [-0.4, -0.2) is 16.9 Å². The maximum atomic E-state index is 6.19. The number of nitrogens with two attached hydrogens (primary N) is 1. The molecule has 4 heteroatoms. The predicted octanol–water partition coefficient (Wildman–Crippen LogP) is 2.49. The van der Waals surface area contributed by atoms with Crippen LogP contribution in [0.4, 0.5) is 0 Å². The third-order valence-corrected chi connectivity index (χ3v) is 2.72. The number of nitrogens with zero attached hydrogens (tertiary/aromatic N) is 2. The minimum Gasteiger partial charge on any atom is -0.493 e. The minimum absolute atomic E-state index is 0.0314. The molecule has 0 amide bonds. The number of unbranched alkanes of at least 4 members (excludes halogenated alkanes) is 1. The molecule has 0 bridgehead atoms. The van der Waals surface area contributed by atoms with Crippen molar-refractivity contribution in [3.8, 4) is 5.75 Å². The molecule has 0 radical (unpaired) electrons. The maximum Gasteiger partial charge on any atom is 0.161 e. The lowest BCUT2D eigenvalue weighted by Crippen LogP contribution is -2.17. The molecule has 0 fully saturated rings. The summed E-state index contributed by atoms with van der Waals surface area (Å²) in [5.41, 5.74) is 7.23. The second-order valence-electron chi connectivity index (χ2n) is 4.07. The van der Waals surface area contributed by atoms with E-state index in [-0.39, 0.29) is 6.04 Å². The molecule has 1 aromatic rings. The van der Waals surface area contributed by atoms with Gasteiger partial charge in [-0.3, -0.25) is 4.68 Å². The molecule has 0 spiro atoms. The molecule has 0 aliphatic carbocycles. The van der Waals surface area contributed by atoms with E-state index in [0.717, 1.165) is 43.7 Å².